The molecule has 29 heavy (non-hydrogen) atoms. The predicted molar refractivity (Wildman–Crippen MR) is 109 cm³/mol. The molecule has 0 fully saturated rings. The van der Waals surface area contributed by atoms with E-state index in [4.69, 9.17) is 4.74 Å². The van der Waals surface area contributed by atoms with Gasteiger partial charge in [0.25, 0.3) is 0 Å². The van der Waals surface area contributed by atoms with Crippen LogP contribution >= 0.6 is 0 Å². The van der Waals surface area contributed by atoms with Gasteiger partial charge in [-0.1, -0.05) is 13.8 Å². The first-order valence-electron chi connectivity index (χ1n) is 9.84. The number of H-pyrrole nitrogens is 1. The molecule has 0 amide bonds. The van der Waals surface area contributed by atoms with E-state index in [2.05, 4.69) is 20.4 Å². The molecule has 2 rings (SSSR count). The number of benzene rings is 1. The van der Waals surface area contributed by atoms with Crippen molar-refractivity contribution in [1.82, 2.24) is 20.4 Å². The summed E-state index contributed by atoms with van der Waals surface area (Å²) in [5, 5.41) is 10.0. The Hall–Kier alpha value is -2.06. The molecule has 0 spiro atoms. The Kier molecular flexibility index (Phi) is 8.10. The predicted octanol–water partition coefficient (Wildman–Crippen LogP) is 4.48. The summed E-state index contributed by atoms with van der Waals surface area (Å²) in [5.41, 5.74) is 1.38. The molecule has 8 heteroatoms. The summed E-state index contributed by atoms with van der Waals surface area (Å²) in [7, 11) is 3.84. The fourth-order valence-corrected chi connectivity index (χ4v) is 3.17. The largest absolute Gasteiger partial charge is 0.493 e. The number of ether oxygens (including phenoxy) is 1. The third-order valence-electron chi connectivity index (χ3n) is 4.83. The van der Waals surface area contributed by atoms with Crippen molar-refractivity contribution < 1.29 is 17.9 Å². The standard InChI is InChI=1S/C21H31F3N4O/c1-14(2)8-11-29-18-7-6-17(15(3)19(18)21(22,23)24)20-16(12-26-27-20)13-28(5)10-9-25-4/h6-7,12,14,25H,8-11,13H2,1-5H3,(H,26,27). The van der Waals surface area contributed by atoms with Gasteiger partial charge in [0.15, 0.2) is 0 Å². The molecule has 0 atom stereocenters. The number of hydrogen-bond donors (Lipinski definition) is 2. The van der Waals surface area contributed by atoms with Gasteiger partial charge in [-0.2, -0.15) is 18.3 Å². The minimum absolute atomic E-state index is 0.119. The van der Waals surface area contributed by atoms with Gasteiger partial charge in [-0.25, -0.2) is 0 Å². The second kappa shape index (κ2) is 10.1. The van der Waals surface area contributed by atoms with Crippen LogP contribution in [-0.2, 0) is 12.7 Å². The number of alkyl halides is 3. The lowest BCUT2D eigenvalue weighted by Crippen LogP contribution is -2.27. The average Bonchev–Trinajstić information content (AvgIpc) is 3.06. The van der Waals surface area contributed by atoms with Gasteiger partial charge in [0.2, 0.25) is 0 Å². The zero-order valence-electron chi connectivity index (χ0n) is 17.8. The van der Waals surface area contributed by atoms with Crippen molar-refractivity contribution in [3.05, 3.63) is 35.0 Å². The minimum Gasteiger partial charge on any atom is -0.493 e. The molecule has 0 aliphatic rings. The molecule has 1 aromatic carbocycles. The Morgan fingerprint density at radius 3 is 2.62 bits per heavy atom. The fourth-order valence-electron chi connectivity index (χ4n) is 3.17. The van der Waals surface area contributed by atoms with Crippen molar-refractivity contribution >= 4 is 0 Å². The highest BCUT2D eigenvalue weighted by Gasteiger charge is 2.37. The van der Waals surface area contributed by atoms with Crippen LogP contribution in [0.4, 0.5) is 13.2 Å². The van der Waals surface area contributed by atoms with Crippen molar-refractivity contribution in [3.8, 4) is 17.0 Å². The minimum atomic E-state index is -4.50. The lowest BCUT2D eigenvalue weighted by Gasteiger charge is -2.20. The van der Waals surface area contributed by atoms with Crippen LogP contribution < -0.4 is 10.1 Å². The van der Waals surface area contributed by atoms with Gasteiger partial charge < -0.3 is 15.0 Å². The van der Waals surface area contributed by atoms with E-state index in [1.807, 2.05) is 27.9 Å². The van der Waals surface area contributed by atoms with Crippen LogP contribution in [0.1, 0.15) is 37.0 Å². The van der Waals surface area contributed by atoms with Crippen molar-refractivity contribution in [3.63, 3.8) is 0 Å². The Morgan fingerprint density at radius 2 is 2.00 bits per heavy atom. The molecular weight excluding hydrogens is 381 g/mol. The number of likely N-dealkylation sites (N-methyl/N-ethyl adjacent to an activating group) is 2. The monoisotopic (exact) mass is 412 g/mol. The smallest absolute Gasteiger partial charge is 0.420 e. The topological polar surface area (TPSA) is 53.2 Å². The Balaban J connectivity index is 2.37. The quantitative estimate of drug-likeness (QED) is 0.604. The molecule has 0 aliphatic carbocycles. The normalized spacial score (nSPS) is 12.2. The molecule has 0 saturated heterocycles. The average molecular weight is 413 g/mol. The van der Waals surface area contributed by atoms with E-state index in [0.717, 1.165) is 18.7 Å². The van der Waals surface area contributed by atoms with E-state index < -0.39 is 11.7 Å². The van der Waals surface area contributed by atoms with Gasteiger partial charge in [0.05, 0.1) is 18.5 Å². The highest BCUT2D eigenvalue weighted by atomic mass is 19.4. The van der Waals surface area contributed by atoms with E-state index in [1.165, 1.54) is 13.0 Å². The van der Waals surface area contributed by atoms with E-state index in [0.29, 0.717) is 30.1 Å². The van der Waals surface area contributed by atoms with Crippen LogP contribution in [0.15, 0.2) is 18.3 Å². The second-order valence-electron chi connectivity index (χ2n) is 7.75. The lowest BCUT2D eigenvalue weighted by atomic mass is 9.96. The Morgan fingerprint density at radius 1 is 1.28 bits per heavy atom. The first-order chi connectivity index (χ1) is 13.6. The molecule has 2 N–H and O–H groups in total. The SMILES string of the molecule is CNCCN(C)Cc1cn[nH]c1-c1ccc(OCCC(C)C)c(C(F)(F)F)c1C. The number of rotatable bonds is 10. The van der Waals surface area contributed by atoms with E-state index >= 15 is 0 Å². The summed E-state index contributed by atoms with van der Waals surface area (Å²) in [4.78, 5) is 2.09. The highest BCUT2D eigenvalue weighted by molar-refractivity contribution is 5.70. The van der Waals surface area contributed by atoms with E-state index in [1.54, 1.807) is 12.3 Å². The summed E-state index contributed by atoms with van der Waals surface area (Å²) in [6, 6.07) is 3.10. The molecule has 0 radical (unpaired) electrons. The van der Waals surface area contributed by atoms with Crippen LogP contribution in [0.5, 0.6) is 5.75 Å². The van der Waals surface area contributed by atoms with Crippen molar-refractivity contribution in [2.24, 2.45) is 5.92 Å². The molecule has 0 aliphatic heterocycles. The fraction of sp³-hybridized carbons (Fsp3) is 0.571. The zero-order chi connectivity index (χ0) is 21.6. The van der Waals surface area contributed by atoms with Crippen LogP contribution in [0.25, 0.3) is 11.3 Å². The van der Waals surface area contributed by atoms with Gasteiger partial charge in [-0.15, -0.1) is 0 Å². The number of nitrogens with one attached hydrogen (secondary N) is 2. The van der Waals surface area contributed by atoms with Crippen LogP contribution in [0.2, 0.25) is 0 Å². The summed E-state index contributed by atoms with van der Waals surface area (Å²) in [6.07, 6.45) is -2.14. The van der Waals surface area contributed by atoms with Crippen molar-refractivity contribution in [2.45, 2.75) is 39.9 Å². The van der Waals surface area contributed by atoms with E-state index in [9.17, 15) is 13.2 Å². The lowest BCUT2D eigenvalue weighted by molar-refractivity contribution is -0.139. The molecule has 1 heterocycles. The molecule has 0 saturated carbocycles. The van der Waals surface area contributed by atoms with E-state index in [-0.39, 0.29) is 17.9 Å². The van der Waals surface area contributed by atoms with Gasteiger partial charge in [-0.3, -0.25) is 5.10 Å². The number of hydrogen-bond acceptors (Lipinski definition) is 4. The van der Waals surface area contributed by atoms with Crippen LogP contribution in [0.3, 0.4) is 0 Å². The summed E-state index contributed by atoms with van der Waals surface area (Å²) in [6.45, 7) is 7.99. The highest BCUT2D eigenvalue weighted by Crippen LogP contribution is 2.42. The molecule has 162 valence electrons. The van der Waals surface area contributed by atoms with Crippen LogP contribution in [-0.4, -0.2) is 48.9 Å². The van der Waals surface area contributed by atoms with Crippen molar-refractivity contribution in [1.29, 1.82) is 0 Å². The molecule has 2 aromatic rings. The van der Waals surface area contributed by atoms with Crippen molar-refractivity contribution in [2.75, 3.05) is 33.8 Å². The maximum Gasteiger partial charge on any atom is 0.420 e. The van der Waals surface area contributed by atoms with Gasteiger partial charge >= 0.3 is 6.18 Å². The first kappa shape index (κ1) is 23.2. The Labute approximate surface area is 170 Å². The Bertz CT molecular complexity index is 787. The second-order valence-corrected chi connectivity index (χ2v) is 7.75. The summed E-state index contributed by atoms with van der Waals surface area (Å²) < 4.78 is 47.0. The summed E-state index contributed by atoms with van der Waals surface area (Å²) in [5.74, 6) is 0.240. The van der Waals surface area contributed by atoms with Crippen LogP contribution in [0, 0.1) is 12.8 Å². The number of aromatic nitrogens is 2. The van der Waals surface area contributed by atoms with Gasteiger partial charge in [0.1, 0.15) is 11.3 Å². The third-order valence-corrected chi connectivity index (χ3v) is 4.83. The molecule has 0 bridgehead atoms. The number of nitrogens with zero attached hydrogens (tertiary/aromatic N) is 2. The first-order valence-corrected chi connectivity index (χ1v) is 9.84. The number of halogens is 3. The molecule has 5 nitrogen and oxygen atoms in total. The van der Waals surface area contributed by atoms with Gasteiger partial charge in [0, 0.05) is 30.8 Å². The molecular formula is C21H31F3N4O. The molecule has 1 aromatic heterocycles. The summed E-state index contributed by atoms with van der Waals surface area (Å²) >= 11 is 0. The third kappa shape index (κ3) is 6.21. The maximum atomic E-state index is 13.8. The molecule has 0 unspecified atom stereocenters. The number of aromatic amines is 1. The maximum absolute atomic E-state index is 13.8. The van der Waals surface area contributed by atoms with Gasteiger partial charge in [-0.05, 0) is 51.1 Å². The zero-order valence-corrected chi connectivity index (χ0v) is 17.8.